The molecule has 3 rings (SSSR count). The lowest BCUT2D eigenvalue weighted by atomic mass is 9.96. The number of hydrogen-bond donors (Lipinski definition) is 12. The van der Waals surface area contributed by atoms with Crippen LogP contribution < -0.4 is 5.32 Å². The van der Waals surface area contributed by atoms with E-state index < -0.39 is 124 Å². The van der Waals surface area contributed by atoms with Crippen LogP contribution in [0.15, 0.2) is 48.6 Å². The van der Waals surface area contributed by atoms with E-state index in [9.17, 15) is 61.0 Å². The van der Waals surface area contributed by atoms with Gasteiger partial charge < -0.3 is 89.9 Å². The molecule has 3 heterocycles. The van der Waals surface area contributed by atoms with Crippen LogP contribution in [0.25, 0.3) is 0 Å². The van der Waals surface area contributed by atoms with Crippen molar-refractivity contribution in [1.82, 2.24) is 5.32 Å². The van der Waals surface area contributed by atoms with Crippen LogP contribution in [0.2, 0.25) is 0 Å². The molecule has 17 atom stereocenters. The van der Waals surface area contributed by atoms with Crippen molar-refractivity contribution in [2.75, 3.05) is 26.4 Å². The van der Waals surface area contributed by atoms with Gasteiger partial charge in [-0.25, -0.2) is 0 Å². The highest BCUT2D eigenvalue weighted by molar-refractivity contribution is 5.76. The highest BCUT2D eigenvalue weighted by Gasteiger charge is 2.53. The zero-order chi connectivity index (χ0) is 66.8. The number of amides is 1. The molecule has 3 aliphatic heterocycles. The molecule has 92 heavy (non-hydrogen) atoms. The van der Waals surface area contributed by atoms with Crippen molar-refractivity contribution in [3.63, 3.8) is 0 Å². The molecule has 538 valence electrons. The average molecular weight is 1310 g/mol. The molecule has 3 saturated heterocycles. The third-order valence-electron chi connectivity index (χ3n) is 18.3. The first-order chi connectivity index (χ1) is 44.8. The lowest BCUT2D eigenvalue weighted by Gasteiger charge is -2.48. The van der Waals surface area contributed by atoms with Crippen molar-refractivity contribution in [3.8, 4) is 0 Å². The Morgan fingerprint density at radius 1 is 0.391 bits per heavy atom. The number of rotatable bonds is 57. The second kappa shape index (κ2) is 54.7. The summed E-state index contributed by atoms with van der Waals surface area (Å²) in [5.41, 5.74) is 0. The summed E-state index contributed by atoms with van der Waals surface area (Å²) >= 11 is 0. The van der Waals surface area contributed by atoms with Gasteiger partial charge in [0, 0.05) is 6.42 Å². The standard InChI is InChI=1S/C73H133NO18/c1-3-5-7-9-11-13-15-17-19-21-22-23-24-25-26-27-28-29-30-31-32-33-35-36-38-40-42-44-46-48-50-57(78)56(74-61(79)51-49-47-45-43-41-39-37-34-20-18-16-14-12-10-8-6-4-2)55-87-71-67(85)64(82)69(59(53-76)89-71)92-73-68(86)65(83)70(60(54-77)90-73)91-72-66(84)63(81)62(80)58(52-75)88-72/h12,14,18,20,40,42,48,50,56-60,62-73,75-78,80-86H,3-11,13,15-17,19,21-39,41,43-47,49,51-55H2,1-2H3,(H,74,79)/b14-12-,20-18-,42-40+,50-48+. The fourth-order valence-corrected chi connectivity index (χ4v) is 12.4. The van der Waals surface area contributed by atoms with Gasteiger partial charge in [-0.15, -0.1) is 0 Å². The number of unbranched alkanes of at least 4 members (excludes halogenated alkanes) is 35. The van der Waals surface area contributed by atoms with E-state index in [1.807, 2.05) is 6.08 Å². The van der Waals surface area contributed by atoms with Gasteiger partial charge >= 0.3 is 0 Å². The Kier molecular flexibility index (Phi) is 50.0. The van der Waals surface area contributed by atoms with Crippen molar-refractivity contribution in [3.05, 3.63) is 48.6 Å². The SMILES string of the molecule is CCCCC/C=C\C/C=C\CCCCCCCCCC(=O)NC(COC1OC(CO)C(OC2OC(CO)C(OC3OC(CO)C(O)C(O)C3O)C(O)C2O)C(O)C1O)C(O)/C=C/CC/C=C/CCCCCCCCCCCCCCCCCCCCCCCCCC. The first-order valence-corrected chi connectivity index (χ1v) is 36.9. The van der Waals surface area contributed by atoms with Gasteiger partial charge in [-0.05, 0) is 64.2 Å². The molecule has 1 amide bonds. The number of carbonyl (C=O) groups excluding carboxylic acids is 1. The number of hydrogen-bond acceptors (Lipinski definition) is 18. The van der Waals surface area contributed by atoms with Crippen LogP contribution in [0.1, 0.15) is 277 Å². The predicted octanol–water partition coefficient (Wildman–Crippen LogP) is 10.6. The van der Waals surface area contributed by atoms with Gasteiger partial charge in [0.15, 0.2) is 18.9 Å². The van der Waals surface area contributed by atoms with Crippen molar-refractivity contribution < 1.29 is 89.4 Å². The summed E-state index contributed by atoms with van der Waals surface area (Å²) in [7, 11) is 0. The number of carbonyl (C=O) groups is 1. The molecule has 0 saturated carbocycles. The monoisotopic (exact) mass is 1310 g/mol. The Labute approximate surface area is 554 Å². The summed E-state index contributed by atoms with van der Waals surface area (Å²) in [6, 6.07) is -0.996. The third-order valence-corrected chi connectivity index (χ3v) is 18.3. The van der Waals surface area contributed by atoms with E-state index in [4.69, 9.17) is 28.4 Å². The van der Waals surface area contributed by atoms with Gasteiger partial charge in [-0.2, -0.15) is 0 Å². The molecule has 3 aliphatic rings. The Hall–Kier alpha value is -2.25. The van der Waals surface area contributed by atoms with Crippen molar-refractivity contribution in [2.24, 2.45) is 0 Å². The first kappa shape index (κ1) is 84.0. The largest absolute Gasteiger partial charge is 0.394 e. The fraction of sp³-hybridized carbons (Fsp3) is 0.877. The maximum absolute atomic E-state index is 13.4. The average Bonchev–Trinajstić information content (AvgIpc) is 0.838. The Morgan fingerprint density at radius 2 is 0.728 bits per heavy atom. The smallest absolute Gasteiger partial charge is 0.220 e. The van der Waals surface area contributed by atoms with Gasteiger partial charge in [0.05, 0.1) is 38.6 Å². The summed E-state index contributed by atoms with van der Waals surface area (Å²) in [5, 5.41) is 121. The number of nitrogens with one attached hydrogen (secondary N) is 1. The van der Waals surface area contributed by atoms with E-state index in [1.165, 1.54) is 167 Å². The number of ether oxygens (including phenoxy) is 6. The summed E-state index contributed by atoms with van der Waals surface area (Å²) < 4.78 is 34.3. The molecule has 0 aromatic heterocycles. The molecule has 17 unspecified atom stereocenters. The molecule has 12 N–H and O–H groups in total. The summed E-state index contributed by atoms with van der Waals surface area (Å²) in [6.45, 7) is 1.70. The van der Waals surface area contributed by atoms with E-state index in [0.29, 0.717) is 12.8 Å². The summed E-state index contributed by atoms with van der Waals surface area (Å²) in [4.78, 5) is 13.4. The maximum Gasteiger partial charge on any atom is 0.220 e. The second-order valence-electron chi connectivity index (χ2n) is 26.4. The zero-order valence-electron chi connectivity index (χ0n) is 57.0. The van der Waals surface area contributed by atoms with Gasteiger partial charge in [0.1, 0.15) is 73.2 Å². The van der Waals surface area contributed by atoms with Crippen LogP contribution in [0.5, 0.6) is 0 Å². The number of allylic oxidation sites excluding steroid dienone is 7. The quantitative estimate of drug-likeness (QED) is 0.0199. The summed E-state index contributed by atoms with van der Waals surface area (Å²) in [5.74, 6) is -0.292. The third kappa shape index (κ3) is 35.8. The Bertz CT molecular complexity index is 1860. The predicted molar refractivity (Wildman–Crippen MR) is 360 cm³/mol. The maximum atomic E-state index is 13.4. The topological polar surface area (TPSA) is 307 Å². The van der Waals surface area contributed by atoms with Gasteiger partial charge in [-0.3, -0.25) is 4.79 Å². The van der Waals surface area contributed by atoms with Gasteiger partial charge in [0.2, 0.25) is 5.91 Å². The van der Waals surface area contributed by atoms with Crippen LogP contribution in [0.3, 0.4) is 0 Å². The van der Waals surface area contributed by atoms with E-state index >= 15 is 0 Å². The van der Waals surface area contributed by atoms with Crippen molar-refractivity contribution >= 4 is 5.91 Å². The molecule has 0 aromatic carbocycles. The van der Waals surface area contributed by atoms with E-state index in [0.717, 1.165) is 77.0 Å². The number of aliphatic hydroxyl groups excluding tert-OH is 11. The van der Waals surface area contributed by atoms with Crippen LogP contribution in [0, 0.1) is 0 Å². The molecule has 3 fully saturated rings. The van der Waals surface area contributed by atoms with Crippen LogP contribution in [-0.4, -0.2) is 193 Å². The minimum Gasteiger partial charge on any atom is -0.394 e. The molecule has 0 aromatic rings. The molecule has 19 heteroatoms. The molecule has 0 aliphatic carbocycles. The van der Waals surface area contributed by atoms with E-state index in [1.54, 1.807) is 6.08 Å². The highest BCUT2D eigenvalue weighted by atomic mass is 16.8. The fourth-order valence-electron chi connectivity index (χ4n) is 12.4. The second-order valence-corrected chi connectivity index (χ2v) is 26.4. The first-order valence-electron chi connectivity index (χ1n) is 36.9. The Balaban J connectivity index is 1.41. The van der Waals surface area contributed by atoms with Crippen LogP contribution in [0.4, 0.5) is 0 Å². The van der Waals surface area contributed by atoms with E-state index in [-0.39, 0.29) is 18.9 Å². The van der Waals surface area contributed by atoms with Crippen molar-refractivity contribution in [1.29, 1.82) is 0 Å². The lowest BCUT2D eigenvalue weighted by Crippen LogP contribution is -2.66. The minimum atomic E-state index is -1.98. The zero-order valence-corrected chi connectivity index (χ0v) is 57.0. The molecular formula is C73H133NO18. The minimum absolute atomic E-state index is 0.226. The van der Waals surface area contributed by atoms with Crippen LogP contribution in [-0.2, 0) is 33.2 Å². The van der Waals surface area contributed by atoms with Gasteiger partial charge in [-0.1, -0.05) is 255 Å². The highest BCUT2D eigenvalue weighted by Crippen LogP contribution is 2.33. The molecular weight excluding hydrogens is 1180 g/mol. The molecule has 0 radical (unpaired) electrons. The summed E-state index contributed by atoms with van der Waals surface area (Å²) in [6.07, 6.45) is 39.6. The number of aliphatic hydroxyl groups is 11. The van der Waals surface area contributed by atoms with E-state index in [2.05, 4.69) is 55.6 Å². The Morgan fingerprint density at radius 3 is 1.17 bits per heavy atom. The van der Waals surface area contributed by atoms with Crippen LogP contribution >= 0.6 is 0 Å². The molecule has 0 spiro atoms. The molecule has 0 bridgehead atoms. The molecule has 19 nitrogen and oxygen atoms in total. The normalized spacial score (nSPS) is 27.9. The lowest BCUT2D eigenvalue weighted by molar-refractivity contribution is -0.379. The van der Waals surface area contributed by atoms with Gasteiger partial charge in [0.25, 0.3) is 0 Å². The van der Waals surface area contributed by atoms with Crippen molar-refractivity contribution in [2.45, 2.75) is 381 Å².